The van der Waals surface area contributed by atoms with E-state index in [1.165, 1.54) is 0 Å². The molecule has 0 fully saturated rings. The molecule has 0 saturated carbocycles. The summed E-state index contributed by atoms with van der Waals surface area (Å²) >= 11 is 1.64. The highest BCUT2D eigenvalue weighted by molar-refractivity contribution is 7.15. The van der Waals surface area contributed by atoms with Crippen molar-refractivity contribution in [1.82, 2.24) is 14.7 Å². The number of hydrogen-bond acceptors (Lipinski definition) is 5. The summed E-state index contributed by atoms with van der Waals surface area (Å²) < 4.78 is 7.34. The van der Waals surface area contributed by atoms with Crippen LogP contribution in [0.4, 0.5) is 11.5 Å². The van der Waals surface area contributed by atoms with Gasteiger partial charge in [-0.25, -0.2) is 4.98 Å². The fraction of sp³-hybridized carbons (Fsp3) is 0.267. The third-order valence-electron chi connectivity index (χ3n) is 3.46. The van der Waals surface area contributed by atoms with E-state index in [-0.39, 0.29) is 0 Å². The number of ether oxygens (including phenoxy) is 1. The van der Waals surface area contributed by atoms with Gasteiger partial charge in [0, 0.05) is 30.9 Å². The molecule has 3 aromatic rings. The highest BCUT2D eigenvalue weighted by Gasteiger charge is 2.17. The van der Waals surface area contributed by atoms with Crippen molar-refractivity contribution in [3.63, 3.8) is 0 Å². The van der Waals surface area contributed by atoms with E-state index in [0.29, 0.717) is 0 Å². The molecule has 110 valence electrons. The predicted octanol–water partition coefficient (Wildman–Crippen LogP) is 2.89. The van der Waals surface area contributed by atoms with Crippen LogP contribution in [0.1, 0.15) is 5.69 Å². The molecule has 3 rings (SSSR count). The summed E-state index contributed by atoms with van der Waals surface area (Å²) in [6.07, 6.45) is 2.06. The number of anilines is 2. The number of nitrogens with one attached hydrogen (secondary N) is 1. The van der Waals surface area contributed by atoms with E-state index in [1.54, 1.807) is 18.4 Å². The van der Waals surface area contributed by atoms with Crippen LogP contribution in [-0.2, 0) is 6.54 Å². The molecule has 0 radical (unpaired) electrons. The number of fused-ring (bicyclic) bond motifs is 1. The number of imidazole rings is 1. The molecule has 0 amide bonds. The lowest BCUT2D eigenvalue weighted by atomic mass is 10.2. The molecule has 6 heteroatoms. The van der Waals surface area contributed by atoms with Crippen LogP contribution in [0.5, 0.6) is 5.75 Å². The number of hydrogen-bond donors (Lipinski definition) is 1. The Hall–Kier alpha value is -2.05. The smallest absolute Gasteiger partial charge is 0.195 e. The molecule has 5 nitrogen and oxygen atoms in total. The van der Waals surface area contributed by atoms with Crippen molar-refractivity contribution in [2.24, 2.45) is 0 Å². The van der Waals surface area contributed by atoms with Crippen molar-refractivity contribution in [1.29, 1.82) is 0 Å². The zero-order chi connectivity index (χ0) is 14.8. The number of methoxy groups -OCH3 is 1. The zero-order valence-corrected chi connectivity index (χ0v) is 13.1. The Morgan fingerprint density at radius 2 is 2.10 bits per heavy atom. The third kappa shape index (κ3) is 2.48. The molecule has 0 bridgehead atoms. The molecule has 0 aliphatic carbocycles. The Morgan fingerprint density at radius 1 is 1.33 bits per heavy atom. The van der Waals surface area contributed by atoms with Crippen molar-refractivity contribution in [2.75, 3.05) is 26.1 Å². The SMILES string of the molecule is CNCc1c(N(C)c2ccc(OC)cc2)nc2sccn12. The largest absolute Gasteiger partial charge is 0.497 e. The second-order valence-corrected chi connectivity index (χ2v) is 5.60. The maximum Gasteiger partial charge on any atom is 0.195 e. The van der Waals surface area contributed by atoms with Crippen LogP contribution in [0.25, 0.3) is 4.96 Å². The van der Waals surface area contributed by atoms with Crippen LogP contribution in [-0.4, -0.2) is 30.6 Å². The van der Waals surface area contributed by atoms with Crippen molar-refractivity contribution in [2.45, 2.75) is 6.54 Å². The molecule has 2 heterocycles. The molecule has 0 spiro atoms. The molecular weight excluding hydrogens is 284 g/mol. The normalized spacial score (nSPS) is 11.0. The number of rotatable bonds is 5. The van der Waals surface area contributed by atoms with Gasteiger partial charge in [0.2, 0.25) is 0 Å². The molecule has 0 unspecified atom stereocenters. The first-order valence-corrected chi connectivity index (χ1v) is 7.59. The molecule has 0 aliphatic heterocycles. The minimum atomic E-state index is 0.772. The van der Waals surface area contributed by atoms with Crippen molar-refractivity contribution in [3.8, 4) is 5.75 Å². The van der Waals surface area contributed by atoms with Crippen LogP contribution >= 0.6 is 11.3 Å². The van der Waals surface area contributed by atoms with Crippen molar-refractivity contribution >= 4 is 27.8 Å². The van der Waals surface area contributed by atoms with E-state index in [9.17, 15) is 0 Å². The van der Waals surface area contributed by atoms with Gasteiger partial charge in [0.1, 0.15) is 5.75 Å². The number of nitrogens with zero attached hydrogens (tertiary/aromatic N) is 3. The first-order valence-electron chi connectivity index (χ1n) is 6.71. The quantitative estimate of drug-likeness (QED) is 0.787. The first-order chi connectivity index (χ1) is 10.2. The molecule has 1 N–H and O–H groups in total. The van der Waals surface area contributed by atoms with Crippen LogP contribution < -0.4 is 15.0 Å². The predicted molar refractivity (Wildman–Crippen MR) is 86.9 cm³/mol. The maximum absolute atomic E-state index is 5.21. The number of aromatic nitrogens is 2. The van der Waals surface area contributed by atoms with Gasteiger partial charge < -0.3 is 15.0 Å². The van der Waals surface area contributed by atoms with Gasteiger partial charge in [-0.05, 0) is 31.3 Å². The van der Waals surface area contributed by atoms with E-state index >= 15 is 0 Å². The summed E-state index contributed by atoms with van der Waals surface area (Å²) in [4.78, 5) is 7.86. The second-order valence-electron chi connectivity index (χ2n) is 4.73. The van der Waals surface area contributed by atoms with Crippen LogP contribution in [0.3, 0.4) is 0 Å². The monoisotopic (exact) mass is 302 g/mol. The summed E-state index contributed by atoms with van der Waals surface area (Å²) in [7, 11) is 5.66. The standard InChI is InChI=1S/C15H18N4OS/c1-16-10-13-14(17-15-19(13)8-9-21-15)18(2)11-4-6-12(20-3)7-5-11/h4-9,16H,10H2,1-3H3. The van der Waals surface area contributed by atoms with Crippen LogP contribution in [0, 0.1) is 0 Å². The lowest BCUT2D eigenvalue weighted by Crippen LogP contribution is -2.15. The first kappa shape index (κ1) is 13.9. The lowest BCUT2D eigenvalue weighted by Gasteiger charge is -2.19. The summed E-state index contributed by atoms with van der Waals surface area (Å²) in [5.41, 5.74) is 2.24. The van der Waals surface area contributed by atoms with E-state index in [0.717, 1.165) is 34.5 Å². The number of thiazole rings is 1. The van der Waals surface area contributed by atoms with Crippen LogP contribution in [0.2, 0.25) is 0 Å². The molecule has 0 aliphatic rings. The van der Waals surface area contributed by atoms with Gasteiger partial charge in [-0.2, -0.15) is 0 Å². The average Bonchev–Trinajstić information content (AvgIpc) is 3.09. The molecule has 0 atom stereocenters. The van der Waals surface area contributed by atoms with Gasteiger partial charge in [-0.3, -0.25) is 4.40 Å². The van der Waals surface area contributed by atoms with Crippen molar-refractivity contribution < 1.29 is 4.74 Å². The lowest BCUT2D eigenvalue weighted by molar-refractivity contribution is 0.415. The second kappa shape index (κ2) is 5.75. The minimum absolute atomic E-state index is 0.772. The Bertz CT molecular complexity index is 732. The van der Waals surface area contributed by atoms with Gasteiger partial charge in [0.05, 0.1) is 12.8 Å². The fourth-order valence-electron chi connectivity index (χ4n) is 2.35. The topological polar surface area (TPSA) is 41.8 Å². The highest BCUT2D eigenvalue weighted by atomic mass is 32.1. The summed E-state index contributed by atoms with van der Waals surface area (Å²) in [6.45, 7) is 0.772. The minimum Gasteiger partial charge on any atom is -0.497 e. The Balaban J connectivity index is 2.01. The zero-order valence-electron chi connectivity index (χ0n) is 12.3. The summed E-state index contributed by atoms with van der Waals surface area (Å²) in [5, 5.41) is 5.27. The summed E-state index contributed by atoms with van der Waals surface area (Å²) in [6, 6.07) is 7.99. The fourth-order valence-corrected chi connectivity index (χ4v) is 3.08. The number of benzene rings is 1. The Kier molecular flexibility index (Phi) is 3.81. The van der Waals surface area contributed by atoms with E-state index in [1.807, 2.05) is 38.4 Å². The van der Waals surface area contributed by atoms with Crippen LogP contribution in [0.15, 0.2) is 35.8 Å². The molecule has 21 heavy (non-hydrogen) atoms. The van der Waals surface area contributed by atoms with Gasteiger partial charge in [0.15, 0.2) is 10.8 Å². The molecule has 0 saturated heterocycles. The Morgan fingerprint density at radius 3 is 2.76 bits per heavy atom. The van der Waals surface area contributed by atoms with E-state index < -0.39 is 0 Å². The average molecular weight is 302 g/mol. The Labute approximate surface area is 127 Å². The highest BCUT2D eigenvalue weighted by Crippen LogP contribution is 2.30. The molecular formula is C15H18N4OS. The van der Waals surface area contributed by atoms with Crippen molar-refractivity contribution in [3.05, 3.63) is 41.5 Å². The van der Waals surface area contributed by atoms with Gasteiger partial charge in [0.25, 0.3) is 0 Å². The third-order valence-corrected chi connectivity index (χ3v) is 4.22. The van der Waals surface area contributed by atoms with E-state index in [2.05, 4.69) is 26.2 Å². The van der Waals surface area contributed by atoms with Gasteiger partial charge >= 0.3 is 0 Å². The summed E-state index contributed by atoms with van der Waals surface area (Å²) in [5.74, 6) is 1.83. The van der Waals surface area contributed by atoms with E-state index in [4.69, 9.17) is 9.72 Å². The molecule has 1 aromatic carbocycles. The maximum atomic E-state index is 5.21. The molecule has 2 aromatic heterocycles. The van der Waals surface area contributed by atoms with Gasteiger partial charge in [-0.1, -0.05) is 0 Å². The van der Waals surface area contributed by atoms with Gasteiger partial charge in [-0.15, -0.1) is 11.3 Å².